The van der Waals surface area contributed by atoms with Gasteiger partial charge in [-0.1, -0.05) is 26.7 Å². The molecule has 0 radical (unpaired) electrons. The van der Waals surface area contributed by atoms with Crippen LogP contribution in [-0.2, 0) is 70.5 Å². The van der Waals surface area contributed by atoms with Crippen LogP contribution in [-0.4, -0.2) is 104 Å². The van der Waals surface area contributed by atoms with Crippen LogP contribution >= 0.6 is 7.82 Å². The molecule has 2 saturated heterocycles. The normalized spacial score (nSPS) is 24.1. The molecule has 2 rings (SSSR count). The molecule has 0 bridgehead atoms. The molecule has 0 unspecified atom stereocenters. The van der Waals surface area contributed by atoms with Crippen molar-refractivity contribution in [1.82, 2.24) is 4.90 Å². The van der Waals surface area contributed by atoms with Crippen LogP contribution < -0.4 is 0 Å². The smallest absolute Gasteiger partial charge is 0.465 e. The number of rotatable bonds is 17. The molecule has 2 fully saturated rings. The van der Waals surface area contributed by atoms with Crippen LogP contribution in [0.1, 0.15) is 73.6 Å². The standard InChI is InChI=1S/C27H42NO16P/c1-8-10-12-38-45(35,39-13-11-9-2)44-27(25(33)36-7)14-20-22(28(16(3)29)26(34)42-20)24(43-27)23(41-19(6)32)21(40-18(5)31)15-37-17(4)30/h20-24H,8-15H2,1-7H3/t20-,21+,22+,23+,24+,27-/m0/s1. The number of hydrogen-bond donors (Lipinski definition) is 0. The first-order valence-corrected chi connectivity index (χ1v) is 15.9. The van der Waals surface area contributed by atoms with Gasteiger partial charge in [-0.05, 0) is 12.8 Å². The Kier molecular flexibility index (Phi) is 14.4. The molecule has 0 saturated carbocycles. The van der Waals surface area contributed by atoms with E-state index in [2.05, 4.69) is 0 Å². The number of phosphoric ester groups is 1. The van der Waals surface area contributed by atoms with Crippen LogP contribution in [0.25, 0.3) is 0 Å². The quantitative estimate of drug-likeness (QED) is 0.0945. The Balaban J connectivity index is 2.76. The number of nitrogens with zero attached hydrogens (tertiary/aromatic N) is 1. The third-order valence-corrected chi connectivity index (χ3v) is 8.13. The van der Waals surface area contributed by atoms with Crippen molar-refractivity contribution in [1.29, 1.82) is 0 Å². The highest BCUT2D eigenvalue weighted by atomic mass is 31.2. The number of hydrogen-bond acceptors (Lipinski definition) is 16. The summed E-state index contributed by atoms with van der Waals surface area (Å²) in [5, 5.41) is 0. The minimum atomic E-state index is -4.63. The number of unbranched alkanes of at least 4 members (excludes halogenated alkanes) is 2. The summed E-state index contributed by atoms with van der Waals surface area (Å²) in [6.45, 7) is 7.02. The molecule has 0 aromatic heterocycles. The molecule has 6 atom stereocenters. The van der Waals surface area contributed by atoms with Crippen molar-refractivity contribution in [3.05, 3.63) is 0 Å². The fraction of sp³-hybridized carbons (Fsp3) is 0.778. The maximum absolute atomic E-state index is 14.0. The molecule has 0 aliphatic carbocycles. The van der Waals surface area contributed by atoms with Gasteiger partial charge in [-0.2, -0.15) is 0 Å². The molecule has 0 N–H and O–H groups in total. The number of imide groups is 1. The van der Waals surface area contributed by atoms with Crippen LogP contribution in [0.2, 0.25) is 0 Å². The topological polar surface area (TPSA) is 206 Å². The Labute approximate surface area is 261 Å². The van der Waals surface area contributed by atoms with Crippen molar-refractivity contribution in [2.45, 2.75) is 110 Å². The van der Waals surface area contributed by atoms with E-state index in [0.29, 0.717) is 30.6 Å². The number of amides is 2. The molecule has 0 spiro atoms. The lowest BCUT2D eigenvalue weighted by atomic mass is 9.88. The lowest BCUT2D eigenvalue weighted by Gasteiger charge is -2.47. The van der Waals surface area contributed by atoms with Crippen molar-refractivity contribution < 1.29 is 75.3 Å². The van der Waals surface area contributed by atoms with E-state index in [1.807, 2.05) is 13.8 Å². The van der Waals surface area contributed by atoms with E-state index in [9.17, 15) is 33.3 Å². The summed E-state index contributed by atoms with van der Waals surface area (Å²) in [6, 6.07) is -1.42. The van der Waals surface area contributed by atoms with Gasteiger partial charge in [-0.3, -0.25) is 28.2 Å². The summed E-state index contributed by atoms with van der Waals surface area (Å²) >= 11 is 0. The summed E-state index contributed by atoms with van der Waals surface area (Å²) in [5.74, 6) is -7.43. The van der Waals surface area contributed by atoms with E-state index in [1.54, 1.807) is 0 Å². The zero-order valence-corrected chi connectivity index (χ0v) is 27.4. The largest absolute Gasteiger partial charge is 0.477 e. The maximum atomic E-state index is 14.0. The average Bonchev–Trinajstić information content (AvgIpc) is 3.28. The molecule has 2 amide bonds. The molecule has 0 aromatic carbocycles. The molecular formula is C27H42NO16P. The SMILES string of the molecule is CCCCOP(=O)(OCCCC)O[C@]1(C(=O)OC)C[C@@H]2OC(=O)N(C(C)=O)[C@H]2[C@H]([C@H](OC(C)=O)[C@@H](COC(C)=O)OC(C)=O)O1. The molecule has 45 heavy (non-hydrogen) atoms. The first-order chi connectivity index (χ1) is 21.1. The zero-order valence-electron chi connectivity index (χ0n) is 26.5. The number of carbonyl (C=O) groups excluding carboxylic acids is 6. The van der Waals surface area contributed by atoms with Crippen LogP contribution in [0.5, 0.6) is 0 Å². The van der Waals surface area contributed by atoms with Gasteiger partial charge in [0.05, 0.1) is 26.7 Å². The second-order valence-electron chi connectivity index (χ2n) is 10.3. The predicted molar refractivity (Wildman–Crippen MR) is 149 cm³/mol. The Morgan fingerprint density at radius 1 is 0.956 bits per heavy atom. The van der Waals surface area contributed by atoms with Gasteiger partial charge in [0.25, 0.3) is 5.79 Å². The Bertz CT molecular complexity index is 1130. The fourth-order valence-corrected chi connectivity index (χ4v) is 6.16. The van der Waals surface area contributed by atoms with E-state index >= 15 is 0 Å². The lowest BCUT2D eigenvalue weighted by molar-refractivity contribution is -0.290. The van der Waals surface area contributed by atoms with Gasteiger partial charge in [0.1, 0.15) is 24.9 Å². The van der Waals surface area contributed by atoms with E-state index < -0.39 is 93.0 Å². The third-order valence-electron chi connectivity index (χ3n) is 6.61. The zero-order chi connectivity index (χ0) is 33.9. The number of phosphoric acid groups is 1. The monoisotopic (exact) mass is 667 g/mol. The lowest BCUT2D eigenvalue weighted by Crippen LogP contribution is -2.67. The van der Waals surface area contributed by atoms with Crippen LogP contribution in [0.4, 0.5) is 4.79 Å². The molecule has 2 aliphatic rings. The van der Waals surface area contributed by atoms with E-state index in [4.69, 9.17) is 42.0 Å². The first-order valence-electron chi connectivity index (χ1n) is 14.5. The summed E-state index contributed by atoms with van der Waals surface area (Å²) < 4.78 is 63.1. The Morgan fingerprint density at radius 2 is 1.53 bits per heavy atom. The van der Waals surface area contributed by atoms with Crippen LogP contribution in [0.15, 0.2) is 0 Å². The van der Waals surface area contributed by atoms with Gasteiger partial charge < -0.3 is 28.4 Å². The van der Waals surface area contributed by atoms with E-state index in [1.165, 1.54) is 0 Å². The first kappa shape index (κ1) is 38.1. The third kappa shape index (κ3) is 10.2. The van der Waals surface area contributed by atoms with Crippen molar-refractivity contribution in [2.75, 3.05) is 26.9 Å². The second-order valence-corrected chi connectivity index (χ2v) is 11.9. The predicted octanol–water partition coefficient (Wildman–Crippen LogP) is 2.57. The summed E-state index contributed by atoms with van der Waals surface area (Å²) in [5.41, 5.74) is 0. The minimum Gasteiger partial charge on any atom is -0.465 e. The second kappa shape index (κ2) is 17.0. The van der Waals surface area contributed by atoms with Crippen molar-refractivity contribution in [2.24, 2.45) is 0 Å². The Hall–Kier alpha value is -3.11. The summed E-state index contributed by atoms with van der Waals surface area (Å²) in [7, 11) is -3.65. The van der Waals surface area contributed by atoms with Crippen LogP contribution in [0.3, 0.4) is 0 Å². The van der Waals surface area contributed by atoms with Crippen LogP contribution in [0, 0.1) is 0 Å². The van der Waals surface area contributed by atoms with Gasteiger partial charge in [-0.15, -0.1) is 0 Å². The van der Waals surface area contributed by atoms with Crippen molar-refractivity contribution >= 4 is 43.7 Å². The van der Waals surface area contributed by atoms with Crippen molar-refractivity contribution in [3.8, 4) is 0 Å². The van der Waals surface area contributed by atoms with Gasteiger partial charge in [0.2, 0.25) is 5.91 Å². The number of methoxy groups -OCH3 is 1. The van der Waals surface area contributed by atoms with E-state index in [0.717, 1.165) is 34.8 Å². The number of carbonyl (C=O) groups is 6. The molecule has 18 heteroatoms. The highest BCUT2D eigenvalue weighted by molar-refractivity contribution is 7.48. The van der Waals surface area contributed by atoms with Gasteiger partial charge in [0, 0.05) is 27.7 Å². The number of fused-ring (bicyclic) bond motifs is 1. The summed E-state index contributed by atoms with van der Waals surface area (Å²) in [6.07, 6.45) is -6.20. The van der Waals surface area contributed by atoms with E-state index in [-0.39, 0.29) is 13.2 Å². The fourth-order valence-electron chi connectivity index (χ4n) is 4.72. The van der Waals surface area contributed by atoms with Crippen molar-refractivity contribution in [3.63, 3.8) is 0 Å². The van der Waals surface area contributed by atoms with Gasteiger partial charge in [0.15, 0.2) is 12.2 Å². The molecule has 2 aliphatic heterocycles. The minimum absolute atomic E-state index is 0.0906. The number of esters is 4. The Morgan fingerprint density at radius 3 is 2.00 bits per heavy atom. The molecule has 2 heterocycles. The van der Waals surface area contributed by atoms with Gasteiger partial charge >= 0.3 is 37.8 Å². The highest BCUT2D eigenvalue weighted by Crippen LogP contribution is 2.56. The summed E-state index contributed by atoms with van der Waals surface area (Å²) in [4.78, 5) is 75.8. The molecule has 17 nitrogen and oxygen atoms in total. The maximum Gasteiger partial charge on any atom is 0.477 e. The molecule has 0 aromatic rings. The highest BCUT2D eigenvalue weighted by Gasteiger charge is 2.66. The molecule has 256 valence electrons. The average molecular weight is 668 g/mol. The number of ether oxygens (including phenoxy) is 6. The molecular weight excluding hydrogens is 625 g/mol. The van der Waals surface area contributed by atoms with Gasteiger partial charge in [-0.25, -0.2) is 23.6 Å².